The van der Waals surface area contributed by atoms with Crippen LogP contribution in [0.25, 0.3) is 0 Å². The lowest BCUT2D eigenvalue weighted by Gasteiger charge is -2.32. The van der Waals surface area contributed by atoms with Gasteiger partial charge in [0.05, 0.1) is 12.2 Å². The number of hydrogen-bond donors (Lipinski definition) is 1. The Labute approximate surface area is 126 Å². The molecular weight excluding hydrogens is 268 g/mol. The smallest absolute Gasteiger partial charge is 0.335 e. The van der Waals surface area contributed by atoms with Crippen molar-refractivity contribution in [2.45, 2.75) is 12.8 Å². The number of benzene rings is 1. The first-order valence-corrected chi connectivity index (χ1v) is 7.52. The third-order valence-electron chi connectivity index (χ3n) is 3.83. The molecule has 1 saturated heterocycles. The van der Waals surface area contributed by atoms with Gasteiger partial charge in [-0.15, -0.1) is 0 Å². The normalized spacial score (nSPS) is 16.8. The molecule has 5 nitrogen and oxygen atoms in total. The molecule has 1 heterocycles. The number of piperazine rings is 1. The van der Waals surface area contributed by atoms with Crippen molar-refractivity contribution >= 4 is 5.97 Å². The SMILES string of the molecule is CN1CCN(CCCCOc2ccc(C(=O)O)cc2)CC1. The number of rotatable bonds is 7. The summed E-state index contributed by atoms with van der Waals surface area (Å²) >= 11 is 0. The van der Waals surface area contributed by atoms with Crippen molar-refractivity contribution in [1.82, 2.24) is 9.80 Å². The molecule has 0 saturated carbocycles. The number of unbranched alkanes of at least 4 members (excludes halogenated alkanes) is 1. The Morgan fingerprint density at radius 1 is 1.14 bits per heavy atom. The molecule has 21 heavy (non-hydrogen) atoms. The Hall–Kier alpha value is -1.59. The predicted octanol–water partition coefficient (Wildman–Crippen LogP) is 1.79. The molecule has 1 aromatic carbocycles. The van der Waals surface area contributed by atoms with Crippen LogP contribution in [0.3, 0.4) is 0 Å². The fourth-order valence-corrected chi connectivity index (χ4v) is 2.39. The van der Waals surface area contributed by atoms with Gasteiger partial charge in [0.2, 0.25) is 0 Å². The highest BCUT2D eigenvalue weighted by Gasteiger charge is 2.12. The number of hydrogen-bond acceptors (Lipinski definition) is 4. The van der Waals surface area contributed by atoms with Crippen LogP contribution in [0.2, 0.25) is 0 Å². The second-order valence-corrected chi connectivity index (χ2v) is 5.53. The summed E-state index contributed by atoms with van der Waals surface area (Å²) in [6.07, 6.45) is 2.16. The second-order valence-electron chi connectivity index (χ2n) is 5.53. The van der Waals surface area contributed by atoms with Gasteiger partial charge in [0.15, 0.2) is 0 Å². The number of ether oxygens (including phenoxy) is 1. The standard InChI is InChI=1S/C16H24N2O3/c1-17-9-11-18(12-10-17)8-2-3-13-21-15-6-4-14(5-7-15)16(19)20/h4-7H,2-3,8-13H2,1H3,(H,19,20). The fraction of sp³-hybridized carbons (Fsp3) is 0.562. The average molecular weight is 292 g/mol. The van der Waals surface area contributed by atoms with Crippen molar-refractivity contribution in [3.63, 3.8) is 0 Å². The number of carbonyl (C=O) groups is 1. The van der Waals surface area contributed by atoms with E-state index in [4.69, 9.17) is 9.84 Å². The first-order chi connectivity index (χ1) is 10.1. The topological polar surface area (TPSA) is 53.0 Å². The van der Waals surface area contributed by atoms with Crippen molar-refractivity contribution < 1.29 is 14.6 Å². The maximum atomic E-state index is 10.7. The van der Waals surface area contributed by atoms with Gasteiger partial charge in [-0.05, 0) is 50.7 Å². The van der Waals surface area contributed by atoms with Crippen molar-refractivity contribution in [3.05, 3.63) is 29.8 Å². The van der Waals surface area contributed by atoms with Crippen LogP contribution in [0.4, 0.5) is 0 Å². The van der Waals surface area contributed by atoms with Crippen LogP contribution < -0.4 is 4.74 Å². The Bertz CT molecular complexity index is 439. The molecule has 0 bridgehead atoms. The van der Waals surface area contributed by atoms with Crippen molar-refractivity contribution in [3.8, 4) is 5.75 Å². The molecular formula is C16H24N2O3. The summed E-state index contributed by atoms with van der Waals surface area (Å²) in [6.45, 7) is 6.45. The van der Waals surface area contributed by atoms with Crippen LogP contribution in [-0.4, -0.2) is 67.3 Å². The van der Waals surface area contributed by atoms with Crippen molar-refractivity contribution in [2.24, 2.45) is 0 Å². The number of carboxylic acids is 1. The molecule has 0 unspecified atom stereocenters. The zero-order chi connectivity index (χ0) is 15.1. The van der Waals surface area contributed by atoms with E-state index in [2.05, 4.69) is 16.8 Å². The van der Waals surface area contributed by atoms with Crippen molar-refractivity contribution in [1.29, 1.82) is 0 Å². The van der Waals surface area contributed by atoms with Gasteiger partial charge in [0.25, 0.3) is 0 Å². The summed E-state index contributed by atoms with van der Waals surface area (Å²) in [5.74, 6) is -0.173. The molecule has 1 fully saturated rings. The van der Waals surface area contributed by atoms with Gasteiger partial charge < -0.3 is 19.6 Å². The lowest BCUT2D eigenvalue weighted by atomic mass is 10.2. The molecule has 0 aliphatic carbocycles. The minimum absolute atomic E-state index is 0.289. The Balaban J connectivity index is 1.58. The first kappa shape index (κ1) is 15.8. The van der Waals surface area contributed by atoms with E-state index in [1.807, 2.05) is 0 Å². The molecule has 5 heteroatoms. The minimum Gasteiger partial charge on any atom is -0.494 e. The van der Waals surface area contributed by atoms with E-state index < -0.39 is 5.97 Å². The lowest BCUT2D eigenvalue weighted by molar-refractivity contribution is 0.0697. The van der Waals surface area contributed by atoms with Gasteiger partial charge in [-0.1, -0.05) is 0 Å². The van der Waals surface area contributed by atoms with E-state index in [0.29, 0.717) is 6.61 Å². The quantitative estimate of drug-likeness (QED) is 0.777. The highest BCUT2D eigenvalue weighted by atomic mass is 16.5. The Morgan fingerprint density at radius 2 is 1.81 bits per heavy atom. The van der Waals surface area contributed by atoms with Gasteiger partial charge in [0, 0.05) is 26.2 Å². The summed E-state index contributed by atoms with van der Waals surface area (Å²) in [5.41, 5.74) is 0.289. The summed E-state index contributed by atoms with van der Waals surface area (Å²) in [7, 11) is 2.17. The van der Waals surface area contributed by atoms with Gasteiger partial charge in [-0.2, -0.15) is 0 Å². The largest absolute Gasteiger partial charge is 0.494 e. The fourth-order valence-electron chi connectivity index (χ4n) is 2.39. The van der Waals surface area contributed by atoms with Gasteiger partial charge in [0.1, 0.15) is 5.75 Å². The number of aromatic carboxylic acids is 1. The molecule has 0 atom stereocenters. The minimum atomic E-state index is -0.909. The number of nitrogens with zero attached hydrogens (tertiary/aromatic N) is 2. The van der Waals surface area contributed by atoms with Crippen LogP contribution >= 0.6 is 0 Å². The van der Waals surface area contributed by atoms with Gasteiger partial charge in [-0.3, -0.25) is 0 Å². The maximum absolute atomic E-state index is 10.7. The molecule has 0 spiro atoms. The average Bonchev–Trinajstić information content (AvgIpc) is 2.49. The Morgan fingerprint density at radius 3 is 2.43 bits per heavy atom. The van der Waals surface area contributed by atoms with Crippen LogP contribution in [0.5, 0.6) is 5.75 Å². The molecule has 0 amide bonds. The van der Waals surface area contributed by atoms with E-state index in [0.717, 1.165) is 51.3 Å². The predicted molar refractivity (Wildman–Crippen MR) is 82.1 cm³/mol. The zero-order valence-corrected chi connectivity index (χ0v) is 12.6. The molecule has 1 aromatic rings. The highest BCUT2D eigenvalue weighted by molar-refractivity contribution is 5.87. The van der Waals surface area contributed by atoms with Gasteiger partial charge >= 0.3 is 5.97 Å². The third-order valence-corrected chi connectivity index (χ3v) is 3.83. The monoisotopic (exact) mass is 292 g/mol. The van der Waals surface area contributed by atoms with E-state index in [9.17, 15) is 4.79 Å². The summed E-state index contributed by atoms with van der Waals surface area (Å²) < 4.78 is 5.63. The van der Waals surface area contributed by atoms with E-state index >= 15 is 0 Å². The second kappa shape index (κ2) is 8.00. The molecule has 0 radical (unpaired) electrons. The molecule has 0 aromatic heterocycles. The molecule has 2 rings (SSSR count). The van der Waals surface area contributed by atoms with Gasteiger partial charge in [-0.25, -0.2) is 4.79 Å². The molecule has 1 aliphatic heterocycles. The van der Waals surface area contributed by atoms with Crippen LogP contribution in [-0.2, 0) is 0 Å². The highest BCUT2D eigenvalue weighted by Crippen LogP contribution is 2.12. The molecule has 116 valence electrons. The van der Waals surface area contributed by atoms with E-state index in [1.165, 1.54) is 0 Å². The number of likely N-dealkylation sites (N-methyl/N-ethyl adjacent to an activating group) is 1. The summed E-state index contributed by atoms with van der Waals surface area (Å²) in [6, 6.07) is 6.57. The molecule has 1 N–H and O–H groups in total. The summed E-state index contributed by atoms with van der Waals surface area (Å²) in [5, 5.41) is 8.81. The maximum Gasteiger partial charge on any atom is 0.335 e. The zero-order valence-electron chi connectivity index (χ0n) is 12.6. The first-order valence-electron chi connectivity index (χ1n) is 7.52. The summed E-state index contributed by atoms with van der Waals surface area (Å²) in [4.78, 5) is 15.6. The van der Waals surface area contributed by atoms with Crippen LogP contribution in [0.15, 0.2) is 24.3 Å². The molecule has 1 aliphatic rings. The van der Waals surface area contributed by atoms with Crippen molar-refractivity contribution in [2.75, 3.05) is 46.4 Å². The van der Waals surface area contributed by atoms with E-state index in [-0.39, 0.29) is 5.56 Å². The Kier molecular flexibility index (Phi) is 6.02. The van der Waals surface area contributed by atoms with E-state index in [1.54, 1.807) is 24.3 Å². The van der Waals surface area contributed by atoms with Crippen LogP contribution in [0, 0.1) is 0 Å². The van der Waals surface area contributed by atoms with Crippen LogP contribution in [0.1, 0.15) is 23.2 Å². The lowest BCUT2D eigenvalue weighted by Crippen LogP contribution is -2.44. The third kappa shape index (κ3) is 5.36. The number of carboxylic acid groups (broad SMARTS) is 1.